The Morgan fingerprint density at radius 3 is 0.833 bits per heavy atom. The summed E-state index contributed by atoms with van der Waals surface area (Å²) in [6, 6.07) is 0. The van der Waals surface area contributed by atoms with Crippen LogP contribution in [-0.4, -0.2) is 96.7 Å². The van der Waals surface area contributed by atoms with Gasteiger partial charge >= 0.3 is 39.5 Å². The summed E-state index contributed by atoms with van der Waals surface area (Å²) in [7, 11) is -9.93. The highest BCUT2D eigenvalue weighted by Crippen LogP contribution is 2.45. The third kappa shape index (κ3) is 73.1. The maximum Gasteiger partial charge on any atom is 0.472 e. The molecule has 0 aromatic rings. The third-order valence-corrected chi connectivity index (χ3v) is 21.5. The molecule has 0 aliphatic rings. The van der Waals surface area contributed by atoms with E-state index in [1.54, 1.807) is 0 Å². The smallest absolute Gasteiger partial charge is 0.462 e. The molecule has 0 bridgehead atoms. The van der Waals surface area contributed by atoms with Gasteiger partial charge in [-0.1, -0.05) is 361 Å². The molecule has 0 aromatic heterocycles. The van der Waals surface area contributed by atoms with Gasteiger partial charge in [0.2, 0.25) is 0 Å². The topological polar surface area (TPSA) is 237 Å². The summed E-state index contributed by atoms with van der Waals surface area (Å²) >= 11 is 0. The van der Waals surface area contributed by atoms with Gasteiger partial charge in [0.25, 0.3) is 0 Å². The summed E-state index contributed by atoms with van der Waals surface area (Å²) in [5.74, 6) is -0.466. The molecule has 0 saturated carbocycles. The van der Waals surface area contributed by atoms with E-state index in [0.717, 1.165) is 121 Å². The van der Waals surface area contributed by atoms with Crippen molar-refractivity contribution in [1.82, 2.24) is 0 Å². The number of esters is 4. The van der Waals surface area contributed by atoms with Gasteiger partial charge in [0.05, 0.1) is 26.4 Å². The lowest BCUT2D eigenvalue weighted by Crippen LogP contribution is -2.30. The van der Waals surface area contributed by atoms with Crippen LogP contribution in [0.1, 0.15) is 414 Å². The van der Waals surface area contributed by atoms with E-state index in [9.17, 15) is 43.2 Å². The van der Waals surface area contributed by atoms with Gasteiger partial charge in [-0.15, -0.1) is 0 Å². The molecule has 0 spiro atoms. The third-order valence-electron chi connectivity index (χ3n) is 19.6. The molecule has 0 radical (unpaired) electrons. The highest BCUT2D eigenvalue weighted by Gasteiger charge is 2.30. The fourth-order valence-corrected chi connectivity index (χ4v) is 13.9. The number of aliphatic hydroxyl groups excluding tert-OH is 1. The number of unbranched alkanes of at least 4 members (excludes halogenated alkanes) is 45. The van der Waals surface area contributed by atoms with Crippen LogP contribution in [0.4, 0.5) is 0 Å². The standard InChI is InChI=1S/C83H158O17P2/c1-7-11-13-15-17-19-21-22-27-31-35-42-48-54-60-66-81(86)94-72-78(99-82(87)67-61-55-49-43-36-32-29-26-24-23-25-28-30-34-39-45-51-57-63-75(5)9-3)73-97-101(89,90)95-69-77(84)70-96-102(91,92)98-74-79(71-93-80(85)65-59-53-47-41-33-20-18-16-14-12-8-2)100-83(88)68-62-56-50-44-38-37-40-46-52-58-64-76(6)10-4/h19,21-22,27,75-79,84H,7-18,20,23-26,28-74H2,1-6H3,(H,89,90)(H,91,92)/b21-19-,27-22-/t75?,76?,77-,78-,79-/m1/s1. The summed E-state index contributed by atoms with van der Waals surface area (Å²) in [6.07, 6.45) is 67.3. The quantitative estimate of drug-likeness (QED) is 0.0169. The molecule has 0 saturated heterocycles. The van der Waals surface area contributed by atoms with Crippen molar-refractivity contribution in [3.8, 4) is 0 Å². The molecule has 0 rings (SSSR count). The van der Waals surface area contributed by atoms with E-state index in [1.807, 2.05) is 0 Å². The molecule has 7 atom stereocenters. The lowest BCUT2D eigenvalue weighted by molar-refractivity contribution is -0.161. The monoisotopic (exact) mass is 1490 g/mol. The van der Waals surface area contributed by atoms with Crippen LogP contribution < -0.4 is 0 Å². The number of allylic oxidation sites excluding steroid dienone is 4. The minimum atomic E-state index is -4.97. The first-order valence-corrected chi connectivity index (χ1v) is 45.4. The zero-order chi connectivity index (χ0) is 74.9. The molecule has 3 N–H and O–H groups in total. The van der Waals surface area contributed by atoms with E-state index in [2.05, 4.69) is 65.8 Å². The minimum absolute atomic E-state index is 0.102. The van der Waals surface area contributed by atoms with Gasteiger partial charge in [0.15, 0.2) is 12.2 Å². The molecule has 102 heavy (non-hydrogen) atoms. The Labute approximate surface area is 624 Å². The average Bonchev–Trinajstić information content (AvgIpc) is 0.921. The molecule has 0 aliphatic heterocycles. The Bertz CT molecular complexity index is 2060. The Morgan fingerprint density at radius 2 is 0.549 bits per heavy atom. The first-order chi connectivity index (χ1) is 49.4. The predicted octanol–water partition coefficient (Wildman–Crippen LogP) is 24.6. The number of hydrogen-bond donors (Lipinski definition) is 3. The molecule has 19 heteroatoms. The first kappa shape index (κ1) is 99.5. The molecule has 0 heterocycles. The van der Waals surface area contributed by atoms with Crippen molar-refractivity contribution in [3.63, 3.8) is 0 Å². The number of rotatable bonds is 80. The van der Waals surface area contributed by atoms with Gasteiger partial charge < -0.3 is 33.8 Å². The van der Waals surface area contributed by atoms with E-state index in [4.69, 9.17) is 37.0 Å². The SMILES string of the molecule is CCCCCC/C=C\C=C/CCCCCCCC(=O)OC[C@H](COP(=O)(O)OC[C@@H](O)COP(=O)(O)OC[C@@H](COC(=O)CCCCCCCCCCCCC)OC(=O)CCCCCCCCCCCCC(C)CC)OC(=O)CCCCCCCCCCCCCCCCCCCCC(C)CC. The van der Waals surface area contributed by atoms with Crippen molar-refractivity contribution >= 4 is 39.5 Å². The second-order valence-electron chi connectivity index (χ2n) is 29.7. The largest absolute Gasteiger partial charge is 0.472 e. The molecule has 602 valence electrons. The second-order valence-corrected chi connectivity index (χ2v) is 32.6. The van der Waals surface area contributed by atoms with Crippen molar-refractivity contribution in [2.75, 3.05) is 39.6 Å². The minimum Gasteiger partial charge on any atom is -0.462 e. The van der Waals surface area contributed by atoms with Gasteiger partial charge in [0.1, 0.15) is 19.3 Å². The van der Waals surface area contributed by atoms with Crippen LogP contribution in [0.5, 0.6) is 0 Å². The number of aliphatic hydroxyl groups is 1. The Kier molecular flexibility index (Phi) is 72.2. The fraction of sp³-hybridized carbons (Fsp3) is 0.904. The highest BCUT2D eigenvalue weighted by atomic mass is 31.2. The predicted molar refractivity (Wildman–Crippen MR) is 418 cm³/mol. The van der Waals surface area contributed by atoms with E-state index in [-0.39, 0.29) is 25.7 Å². The van der Waals surface area contributed by atoms with Gasteiger partial charge in [-0.25, -0.2) is 9.13 Å². The lowest BCUT2D eigenvalue weighted by Gasteiger charge is -2.21. The summed E-state index contributed by atoms with van der Waals surface area (Å²) in [5.41, 5.74) is 0. The lowest BCUT2D eigenvalue weighted by atomic mass is 9.99. The number of hydrogen-bond acceptors (Lipinski definition) is 15. The van der Waals surface area contributed by atoms with Crippen molar-refractivity contribution in [1.29, 1.82) is 0 Å². The molecule has 0 aromatic carbocycles. The zero-order valence-corrected chi connectivity index (χ0v) is 68.2. The van der Waals surface area contributed by atoms with Crippen molar-refractivity contribution in [3.05, 3.63) is 24.3 Å². The van der Waals surface area contributed by atoms with Gasteiger partial charge in [-0.3, -0.25) is 37.3 Å². The van der Waals surface area contributed by atoms with Crippen LogP contribution in [0.15, 0.2) is 24.3 Å². The van der Waals surface area contributed by atoms with Crippen LogP contribution in [-0.2, 0) is 65.4 Å². The Hall–Kier alpha value is -2.46. The number of carbonyl (C=O) groups is 4. The molecular formula is C83H158O17P2. The van der Waals surface area contributed by atoms with E-state index in [1.165, 1.54) is 212 Å². The zero-order valence-electron chi connectivity index (χ0n) is 66.4. The van der Waals surface area contributed by atoms with Gasteiger partial charge in [-0.05, 0) is 63.2 Å². The second kappa shape index (κ2) is 74.0. The van der Waals surface area contributed by atoms with Crippen molar-refractivity contribution in [2.45, 2.75) is 432 Å². The van der Waals surface area contributed by atoms with E-state index in [0.29, 0.717) is 25.7 Å². The number of ether oxygens (including phenoxy) is 4. The molecule has 4 unspecified atom stereocenters. The number of phosphoric acid groups is 2. The van der Waals surface area contributed by atoms with Crippen LogP contribution >= 0.6 is 15.6 Å². The normalized spacial score (nSPS) is 14.6. The molecular weight excluding hydrogens is 1330 g/mol. The average molecular weight is 1490 g/mol. The summed E-state index contributed by atoms with van der Waals surface area (Å²) in [5, 5.41) is 10.6. The molecule has 0 fully saturated rings. The molecule has 17 nitrogen and oxygen atoms in total. The van der Waals surface area contributed by atoms with Crippen LogP contribution in [0, 0.1) is 11.8 Å². The van der Waals surface area contributed by atoms with Crippen LogP contribution in [0.25, 0.3) is 0 Å². The molecule has 0 aliphatic carbocycles. The maximum atomic E-state index is 13.1. The Balaban J connectivity index is 5.26. The van der Waals surface area contributed by atoms with Gasteiger partial charge in [0, 0.05) is 25.7 Å². The summed E-state index contributed by atoms with van der Waals surface area (Å²) in [4.78, 5) is 73.1. The summed E-state index contributed by atoms with van der Waals surface area (Å²) < 4.78 is 68.7. The fourth-order valence-electron chi connectivity index (χ4n) is 12.3. The van der Waals surface area contributed by atoms with Crippen molar-refractivity contribution < 1.29 is 80.2 Å². The van der Waals surface area contributed by atoms with Gasteiger partial charge in [-0.2, -0.15) is 0 Å². The Morgan fingerprint density at radius 1 is 0.314 bits per heavy atom. The maximum absolute atomic E-state index is 13.1. The van der Waals surface area contributed by atoms with Crippen molar-refractivity contribution in [2.24, 2.45) is 11.8 Å². The number of phosphoric ester groups is 2. The number of carbonyl (C=O) groups excluding carboxylic acids is 4. The first-order valence-electron chi connectivity index (χ1n) is 42.4. The van der Waals surface area contributed by atoms with E-state index < -0.39 is 97.5 Å². The van der Waals surface area contributed by atoms with Crippen LogP contribution in [0.3, 0.4) is 0 Å². The highest BCUT2D eigenvalue weighted by molar-refractivity contribution is 7.47. The molecule has 0 amide bonds. The van der Waals surface area contributed by atoms with Crippen LogP contribution in [0.2, 0.25) is 0 Å². The summed E-state index contributed by atoms with van der Waals surface area (Å²) in [6.45, 7) is 9.66. The van der Waals surface area contributed by atoms with E-state index >= 15 is 0 Å².